The Hall–Kier alpha value is -2.42. The van der Waals surface area contributed by atoms with E-state index >= 15 is 0 Å². The molecule has 1 aromatic carbocycles. The van der Waals surface area contributed by atoms with Gasteiger partial charge >= 0.3 is 5.97 Å². The zero-order valence-electron chi connectivity index (χ0n) is 10.1. The van der Waals surface area contributed by atoms with Crippen LogP contribution in [0.5, 0.6) is 0 Å². The van der Waals surface area contributed by atoms with Crippen LogP contribution in [0.4, 0.5) is 5.69 Å². The third-order valence-corrected chi connectivity index (χ3v) is 2.51. The van der Waals surface area contributed by atoms with Crippen molar-refractivity contribution in [1.82, 2.24) is 0 Å². The Morgan fingerprint density at radius 2 is 2.22 bits per heavy atom. The van der Waals surface area contributed by atoms with Crippen LogP contribution in [-0.2, 0) is 22.4 Å². The zero-order valence-corrected chi connectivity index (χ0v) is 10.1. The molecule has 94 valence electrons. The van der Waals surface area contributed by atoms with E-state index in [-0.39, 0.29) is 17.7 Å². The van der Waals surface area contributed by atoms with Crippen LogP contribution in [0, 0.1) is 21.4 Å². The Morgan fingerprint density at radius 3 is 2.67 bits per heavy atom. The lowest BCUT2D eigenvalue weighted by Crippen LogP contribution is -2.07. The second-order valence-corrected chi connectivity index (χ2v) is 3.63. The van der Waals surface area contributed by atoms with Crippen LogP contribution in [0.3, 0.4) is 0 Å². The topological polar surface area (TPSA) is 93.2 Å². The van der Waals surface area contributed by atoms with Gasteiger partial charge in [0.2, 0.25) is 0 Å². The maximum Gasteiger partial charge on any atom is 0.309 e. The number of benzene rings is 1. The van der Waals surface area contributed by atoms with E-state index in [0.717, 1.165) is 0 Å². The number of nitriles is 1. The van der Waals surface area contributed by atoms with Crippen molar-refractivity contribution >= 4 is 11.7 Å². The predicted octanol–water partition coefficient (Wildman–Crippen LogP) is 1.74. The third kappa shape index (κ3) is 2.83. The van der Waals surface area contributed by atoms with Crippen molar-refractivity contribution in [2.75, 3.05) is 7.11 Å². The molecule has 0 heterocycles. The highest BCUT2D eigenvalue weighted by atomic mass is 16.6. The van der Waals surface area contributed by atoms with Crippen LogP contribution in [0.2, 0.25) is 0 Å². The summed E-state index contributed by atoms with van der Waals surface area (Å²) in [6.45, 7) is 1.76. The highest BCUT2D eigenvalue weighted by Gasteiger charge is 2.20. The number of ether oxygens (including phenoxy) is 1. The standard InChI is InChI=1S/C12H12N2O4/c1-3-9-4-8(6-11(15)18-2)5-10(7-13)12(9)14(16)17/h4-5H,3,6H2,1-2H3. The second kappa shape index (κ2) is 5.77. The normalized spacial score (nSPS) is 9.61. The van der Waals surface area contributed by atoms with Crippen molar-refractivity contribution in [1.29, 1.82) is 5.26 Å². The molecular formula is C12H12N2O4. The van der Waals surface area contributed by atoms with Crippen LogP contribution in [0.25, 0.3) is 0 Å². The van der Waals surface area contributed by atoms with Gasteiger partial charge in [0.1, 0.15) is 11.6 Å². The molecule has 1 aromatic rings. The average Bonchev–Trinajstić information content (AvgIpc) is 2.36. The minimum absolute atomic E-state index is 0.00380. The maximum absolute atomic E-state index is 11.2. The molecule has 0 aromatic heterocycles. The van der Waals surface area contributed by atoms with E-state index in [9.17, 15) is 14.9 Å². The second-order valence-electron chi connectivity index (χ2n) is 3.63. The lowest BCUT2D eigenvalue weighted by atomic mass is 10.00. The van der Waals surface area contributed by atoms with E-state index in [0.29, 0.717) is 17.5 Å². The molecule has 6 heteroatoms. The Morgan fingerprint density at radius 1 is 1.56 bits per heavy atom. The van der Waals surface area contributed by atoms with Gasteiger partial charge in [-0.1, -0.05) is 6.92 Å². The van der Waals surface area contributed by atoms with Gasteiger partial charge in [-0.15, -0.1) is 0 Å². The minimum Gasteiger partial charge on any atom is -0.469 e. The van der Waals surface area contributed by atoms with E-state index in [1.165, 1.54) is 13.2 Å². The van der Waals surface area contributed by atoms with Crippen molar-refractivity contribution in [3.63, 3.8) is 0 Å². The van der Waals surface area contributed by atoms with Gasteiger partial charge in [0.15, 0.2) is 0 Å². The quantitative estimate of drug-likeness (QED) is 0.459. The van der Waals surface area contributed by atoms with E-state index in [1.54, 1.807) is 19.1 Å². The number of carbonyl (C=O) groups excluding carboxylic acids is 1. The van der Waals surface area contributed by atoms with Gasteiger partial charge in [-0.2, -0.15) is 5.26 Å². The number of aryl methyl sites for hydroxylation is 1. The van der Waals surface area contributed by atoms with Gasteiger partial charge in [-0.3, -0.25) is 14.9 Å². The fourth-order valence-electron chi connectivity index (χ4n) is 1.67. The number of methoxy groups -OCH3 is 1. The highest BCUT2D eigenvalue weighted by molar-refractivity contribution is 5.73. The summed E-state index contributed by atoms with van der Waals surface area (Å²) in [6.07, 6.45) is 0.413. The Bertz CT molecular complexity index is 532. The van der Waals surface area contributed by atoms with E-state index in [4.69, 9.17) is 5.26 Å². The molecule has 0 aliphatic rings. The molecule has 0 amide bonds. The molecular weight excluding hydrogens is 236 g/mol. The molecule has 0 fully saturated rings. The molecule has 1 rings (SSSR count). The van der Waals surface area contributed by atoms with Crippen molar-refractivity contribution < 1.29 is 14.5 Å². The first-order valence-corrected chi connectivity index (χ1v) is 5.30. The summed E-state index contributed by atoms with van der Waals surface area (Å²) in [6, 6.07) is 4.71. The van der Waals surface area contributed by atoms with Crippen LogP contribution in [-0.4, -0.2) is 18.0 Å². The summed E-state index contributed by atoms with van der Waals surface area (Å²) in [5, 5.41) is 19.8. The van der Waals surface area contributed by atoms with Crippen LogP contribution in [0.15, 0.2) is 12.1 Å². The Labute approximate surface area is 104 Å². The summed E-state index contributed by atoms with van der Waals surface area (Å²) in [4.78, 5) is 21.5. The molecule has 18 heavy (non-hydrogen) atoms. The number of nitro groups is 1. The molecule has 0 aliphatic carbocycles. The summed E-state index contributed by atoms with van der Waals surface area (Å²) >= 11 is 0. The van der Waals surface area contributed by atoms with Gasteiger partial charge in [0.25, 0.3) is 5.69 Å². The van der Waals surface area contributed by atoms with Crippen molar-refractivity contribution in [3.05, 3.63) is 38.9 Å². The Balaban J connectivity index is 3.31. The smallest absolute Gasteiger partial charge is 0.309 e. The van der Waals surface area contributed by atoms with E-state index in [1.807, 2.05) is 0 Å². The third-order valence-electron chi connectivity index (χ3n) is 2.51. The molecule has 0 unspecified atom stereocenters. The first-order valence-electron chi connectivity index (χ1n) is 5.30. The molecule has 0 N–H and O–H groups in total. The molecule has 0 spiro atoms. The maximum atomic E-state index is 11.2. The molecule has 0 saturated heterocycles. The van der Waals surface area contributed by atoms with E-state index in [2.05, 4.69) is 4.74 Å². The highest BCUT2D eigenvalue weighted by Crippen LogP contribution is 2.26. The van der Waals surface area contributed by atoms with Crippen LogP contribution < -0.4 is 0 Å². The van der Waals surface area contributed by atoms with Crippen LogP contribution >= 0.6 is 0 Å². The SMILES string of the molecule is CCc1cc(CC(=O)OC)cc(C#N)c1[N+](=O)[O-]. The van der Waals surface area contributed by atoms with Gasteiger partial charge in [-0.25, -0.2) is 0 Å². The van der Waals surface area contributed by atoms with Gasteiger partial charge < -0.3 is 4.74 Å². The molecule has 0 bridgehead atoms. The summed E-state index contributed by atoms with van der Waals surface area (Å²) in [5.74, 6) is -0.449. The van der Waals surface area contributed by atoms with Crippen LogP contribution in [0.1, 0.15) is 23.6 Å². The fraction of sp³-hybridized carbons (Fsp3) is 0.333. The largest absolute Gasteiger partial charge is 0.469 e. The number of nitrogens with zero attached hydrogens (tertiary/aromatic N) is 2. The first-order chi connectivity index (χ1) is 8.53. The number of carbonyl (C=O) groups is 1. The molecule has 6 nitrogen and oxygen atoms in total. The number of nitro benzene ring substituents is 1. The van der Waals surface area contributed by atoms with Crippen molar-refractivity contribution in [2.45, 2.75) is 19.8 Å². The number of esters is 1. The van der Waals surface area contributed by atoms with E-state index < -0.39 is 10.9 Å². The van der Waals surface area contributed by atoms with Crippen molar-refractivity contribution in [3.8, 4) is 6.07 Å². The fourth-order valence-corrected chi connectivity index (χ4v) is 1.67. The molecule has 0 aliphatic heterocycles. The molecule has 0 radical (unpaired) electrons. The van der Waals surface area contributed by atoms with Gasteiger partial charge in [0, 0.05) is 5.56 Å². The first kappa shape index (κ1) is 13.6. The number of hydrogen-bond donors (Lipinski definition) is 0. The summed E-state index contributed by atoms with van der Waals surface area (Å²) < 4.78 is 4.52. The Kier molecular flexibility index (Phi) is 4.38. The average molecular weight is 248 g/mol. The minimum atomic E-state index is -0.570. The van der Waals surface area contributed by atoms with Crippen molar-refractivity contribution in [2.24, 2.45) is 0 Å². The van der Waals surface area contributed by atoms with Gasteiger partial charge in [-0.05, 0) is 24.1 Å². The zero-order chi connectivity index (χ0) is 13.7. The molecule has 0 saturated carbocycles. The lowest BCUT2D eigenvalue weighted by Gasteiger charge is -2.06. The van der Waals surface area contributed by atoms with Gasteiger partial charge in [0.05, 0.1) is 18.5 Å². The monoisotopic (exact) mass is 248 g/mol. The number of rotatable bonds is 4. The summed E-state index contributed by atoms with van der Waals surface area (Å²) in [5.41, 5.74) is 0.769. The predicted molar refractivity (Wildman–Crippen MR) is 62.9 cm³/mol. The lowest BCUT2D eigenvalue weighted by molar-refractivity contribution is -0.385. The number of hydrogen-bond acceptors (Lipinski definition) is 5. The summed E-state index contributed by atoms with van der Waals surface area (Å²) in [7, 11) is 1.26. The molecule has 0 atom stereocenters.